The molecule has 1 aromatic heterocycles. The second-order valence-corrected chi connectivity index (χ2v) is 7.98. The van der Waals surface area contributed by atoms with Crippen LogP contribution in [0.15, 0.2) is 59.8 Å². The lowest BCUT2D eigenvalue weighted by Crippen LogP contribution is -2.21. The maximum absolute atomic E-state index is 13.2. The number of tetrazole rings is 1. The van der Waals surface area contributed by atoms with Crippen LogP contribution in [0, 0.1) is 0 Å². The van der Waals surface area contributed by atoms with E-state index in [1.165, 1.54) is 11.8 Å². The van der Waals surface area contributed by atoms with Crippen LogP contribution in [-0.4, -0.2) is 45.9 Å². The zero-order valence-electron chi connectivity index (χ0n) is 16.6. The van der Waals surface area contributed by atoms with Gasteiger partial charge in [0.15, 0.2) is 0 Å². The molecule has 1 N–H and O–H groups in total. The van der Waals surface area contributed by atoms with Crippen molar-refractivity contribution < 1.29 is 14.3 Å². The Hall–Kier alpha value is -2.91. The zero-order chi connectivity index (χ0) is 20.8. The molecule has 1 amide bonds. The first-order chi connectivity index (χ1) is 14.7. The van der Waals surface area contributed by atoms with E-state index in [2.05, 4.69) is 20.8 Å². The molecule has 0 radical (unpaired) electrons. The number of nitrogens with one attached hydrogen (secondary N) is 1. The van der Waals surface area contributed by atoms with Gasteiger partial charge in [0.2, 0.25) is 11.1 Å². The number of benzene rings is 2. The Kier molecular flexibility index (Phi) is 6.60. The van der Waals surface area contributed by atoms with Crippen LogP contribution >= 0.6 is 11.8 Å². The fourth-order valence-electron chi connectivity index (χ4n) is 3.29. The SMILES string of the molecule is COc1cccc(NC(=O)[C@H](Sc2nnnn2C[C@@H]2CCCO2)c2ccccc2)c1. The van der Waals surface area contributed by atoms with Crippen LogP contribution in [0.5, 0.6) is 5.75 Å². The average Bonchev–Trinajstić information content (AvgIpc) is 3.45. The molecule has 0 saturated carbocycles. The van der Waals surface area contributed by atoms with Crippen molar-refractivity contribution in [2.24, 2.45) is 0 Å². The molecule has 30 heavy (non-hydrogen) atoms. The summed E-state index contributed by atoms with van der Waals surface area (Å²) in [5.41, 5.74) is 1.54. The molecular formula is C21H23N5O3S. The molecule has 0 aliphatic carbocycles. The number of amides is 1. The number of nitrogens with zero attached hydrogens (tertiary/aromatic N) is 4. The molecule has 0 bridgehead atoms. The molecule has 8 nitrogen and oxygen atoms in total. The van der Waals surface area contributed by atoms with Crippen LogP contribution < -0.4 is 10.1 Å². The summed E-state index contributed by atoms with van der Waals surface area (Å²) in [4.78, 5) is 13.2. The van der Waals surface area contributed by atoms with Gasteiger partial charge in [-0.1, -0.05) is 48.2 Å². The molecule has 1 aliphatic rings. The predicted molar refractivity (Wildman–Crippen MR) is 113 cm³/mol. The highest BCUT2D eigenvalue weighted by molar-refractivity contribution is 8.00. The third-order valence-corrected chi connectivity index (χ3v) is 6.03. The van der Waals surface area contributed by atoms with Gasteiger partial charge < -0.3 is 14.8 Å². The van der Waals surface area contributed by atoms with Crippen molar-refractivity contribution in [3.8, 4) is 5.75 Å². The van der Waals surface area contributed by atoms with Crippen LogP contribution in [-0.2, 0) is 16.1 Å². The summed E-state index contributed by atoms with van der Waals surface area (Å²) >= 11 is 1.32. The number of carbonyl (C=O) groups is 1. The minimum atomic E-state index is -0.522. The third-order valence-electron chi connectivity index (χ3n) is 4.80. The van der Waals surface area contributed by atoms with E-state index in [1.54, 1.807) is 17.9 Å². The lowest BCUT2D eigenvalue weighted by atomic mass is 10.1. The Balaban J connectivity index is 1.55. The number of anilines is 1. The van der Waals surface area contributed by atoms with E-state index < -0.39 is 5.25 Å². The molecule has 0 spiro atoms. The predicted octanol–water partition coefficient (Wildman–Crippen LogP) is 3.33. The van der Waals surface area contributed by atoms with Crippen LogP contribution in [0.2, 0.25) is 0 Å². The maximum atomic E-state index is 13.2. The second-order valence-electron chi connectivity index (χ2n) is 6.91. The Labute approximate surface area is 179 Å². The lowest BCUT2D eigenvalue weighted by molar-refractivity contribution is -0.115. The summed E-state index contributed by atoms with van der Waals surface area (Å²) in [6, 6.07) is 16.9. The van der Waals surface area contributed by atoms with E-state index in [-0.39, 0.29) is 12.0 Å². The Morgan fingerprint density at radius 2 is 2.17 bits per heavy atom. The van der Waals surface area contributed by atoms with E-state index >= 15 is 0 Å². The molecule has 2 aromatic carbocycles. The number of ether oxygens (including phenoxy) is 2. The van der Waals surface area contributed by atoms with Crippen molar-refractivity contribution in [2.45, 2.75) is 35.9 Å². The largest absolute Gasteiger partial charge is 0.497 e. The van der Waals surface area contributed by atoms with Gasteiger partial charge in [-0.2, -0.15) is 0 Å². The Morgan fingerprint density at radius 1 is 1.30 bits per heavy atom. The smallest absolute Gasteiger partial charge is 0.242 e. The van der Waals surface area contributed by atoms with Gasteiger partial charge in [-0.15, -0.1) is 5.10 Å². The summed E-state index contributed by atoms with van der Waals surface area (Å²) in [6.07, 6.45) is 2.14. The van der Waals surface area contributed by atoms with Crippen LogP contribution in [0.1, 0.15) is 23.7 Å². The number of aromatic nitrogens is 4. The molecular weight excluding hydrogens is 402 g/mol. The number of carbonyl (C=O) groups excluding carboxylic acids is 1. The van der Waals surface area contributed by atoms with Gasteiger partial charge in [0.05, 0.1) is 19.8 Å². The monoisotopic (exact) mass is 425 g/mol. The van der Waals surface area contributed by atoms with Crippen LogP contribution in [0.25, 0.3) is 0 Å². The number of methoxy groups -OCH3 is 1. The molecule has 1 saturated heterocycles. The second kappa shape index (κ2) is 9.73. The highest BCUT2D eigenvalue weighted by atomic mass is 32.2. The van der Waals surface area contributed by atoms with Gasteiger partial charge in [-0.3, -0.25) is 4.79 Å². The van der Waals surface area contributed by atoms with Gasteiger partial charge >= 0.3 is 0 Å². The summed E-state index contributed by atoms with van der Waals surface area (Å²) < 4.78 is 12.7. The van der Waals surface area contributed by atoms with Gasteiger partial charge in [0, 0.05) is 18.4 Å². The van der Waals surface area contributed by atoms with Gasteiger partial charge in [0.25, 0.3) is 0 Å². The fraction of sp³-hybridized carbons (Fsp3) is 0.333. The first-order valence-corrected chi connectivity index (χ1v) is 10.6. The molecule has 9 heteroatoms. The van der Waals surface area contributed by atoms with Crippen LogP contribution in [0.3, 0.4) is 0 Å². The topological polar surface area (TPSA) is 91.2 Å². The third kappa shape index (κ3) is 4.98. The van der Waals surface area contributed by atoms with Crippen LogP contribution in [0.4, 0.5) is 5.69 Å². The van der Waals surface area contributed by atoms with Gasteiger partial charge in [-0.25, -0.2) is 4.68 Å². The van der Waals surface area contributed by atoms with Gasteiger partial charge in [0.1, 0.15) is 11.0 Å². The summed E-state index contributed by atoms with van der Waals surface area (Å²) in [6.45, 7) is 1.35. The highest BCUT2D eigenvalue weighted by Crippen LogP contribution is 2.35. The number of hydrogen-bond donors (Lipinski definition) is 1. The average molecular weight is 426 g/mol. The van der Waals surface area contributed by atoms with E-state index in [9.17, 15) is 4.79 Å². The summed E-state index contributed by atoms with van der Waals surface area (Å²) in [5, 5.41) is 15.1. The van der Waals surface area contributed by atoms with E-state index in [1.807, 2.05) is 48.5 Å². The molecule has 4 rings (SSSR count). The highest BCUT2D eigenvalue weighted by Gasteiger charge is 2.26. The fourth-order valence-corrected chi connectivity index (χ4v) is 4.28. The minimum absolute atomic E-state index is 0.105. The Morgan fingerprint density at radius 3 is 2.93 bits per heavy atom. The minimum Gasteiger partial charge on any atom is -0.497 e. The quantitative estimate of drug-likeness (QED) is 0.554. The molecule has 1 aliphatic heterocycles. The first-order valence-electron chi connectivity index (χ1n) is 9.77. The van der Waals surface area contributed by atoms with Gasteiger partial charge in [-0.05, 0) is 41.0 Å². The Bertz CT molecular complexity index is 976. The maximum Gasteiger partial charge on any atom is 0.242 e. The summed E-state index contributed by atoms with van der Waals surface area (Å²) in [5.74, 6) is 0.517. The van der Waals surface area contributed by atoms with Crippen molar-refractivity contribution in [3.63, 3.8) is 0 Å². The molecule has 2 heterocycles. The van der Waals surface area contributed by atoms with Crippen molar-refractivity contribution in [1.29, 1.82) is 0 Å². The van der Waals surface area contributed by atoms with Crippen molar-refractivity contribution in [3.05, 3.63) is 60.2 Å². The van der Waals surface area contributed by atoms with Crippen molar-refractivity contribution in [1.82, 2.24) is 20.2 Å². The van der Waals surface area contributed by atoms with E-state index in [0.717, 1.165) is 25.0 Å². The molecule has 3 aromatic rings. The number of thioether (sulfide) groups is 1. The normalized spacial score (nSPS) is 16.9. The zero-order valence-corrected chi connectivity index (χ0v) is 17.4. The van der Waals surface area contributed by atoms with E-state index in [0.29, 0.717) is 23.1 Å². The molecule has 1 fully saturated rings. The first kappa shape index (κ1) is 20.4. The molecule has 156 valence electrons. The molecule has 0 unspecified atom stereocenters. The summed E-state index contributed by atoms with van der Waals surface area (Å²) in [7, 11) is 1.59. The number of rotatable bonds is 8. The molecule has 2 atom stereocenters. The number of hydrogen-bond acceptors (Lipinski definition) is 7. The van der Waals surface area contributed by atoms with E-state index in [4.69, 9.17) is 9.47 Å². The standard InChI is InChI=1S/C21H23N5O3S/c1-28-17-10-5-9-16(13-17)22-20(27)19(15-7-3-2-4-8-15)30-21-23-24-25-26(21)14-18-11-6-12-29-18/h2-5,7-10,13,18-19H,6,11-12,14H2,1H3,(H,22,27)/t18-,19+/m0/s1. The van der Waals surface area contributed by atoms with Crippen molar-refractivity contribution >= 4 is 23.4 Å². The lowest BCUT2D eigenvalue weighted by Gasteiger charge is -2.17. The van der Waals surface area contributed by atoms with Crippen molar-refractivity contribution in [2.75, 3.05) is 19.0 Å².